The van der Waals surface area contributed by atoms with E-state index in [1.54, 1.807) is 0 Å². The lowest BCUT2D eigenvalue weighted by molar-refractivity contribution is 1.07. The molecule has 62 valence electrons. The lowest BCUT2D eigenvalue weighted by atomic mass is 10.1. The van der Waals surface area contributed by atoms with Crippen molar-refractivity contribution in [2.24, 2.45) is 0 Å². The van der Waals surface area contributed by atoms with Crippen molar-refractivity contribution in [3.63, 3.8) is 0 Å². The van der Waals surface area contributed by atoms with Gasteiger partial charge in [0, 0.05) is 18.2 Å². The van der Waals surface area contributed by atoms with E-state index in [4.69, 9.17) is 0 Å². The Morgan fingerprint density at radius 2 is 2.00 bits per heavy atom. The van der Waals surface area contributed by atoms with Gasteiger partial charge in [0.2, 0.25) is 0 Å². The highest BCUT2D eigenvalue weighted by atomic mass is 14.7. The van der Waals surface area contributed by atoms with Crippen molar-refractivity contribution in [3.05, 3.63) is 34.7 Å². The Balaban J connectivity index is 2.67. The molecule has 0 aliphatic heterocycles. The minimum atomic E-state index is 1.04. The van der Waals surface area contributed by atoms with Crippen LogP contribution < -0.4 is 0 Å². The molecule has 1 aliphatic rings. The van der Waals surface area contributed by atoms with Gasteiger partial charge in [0.1, 0.15) is 0 Å². The molecule has 12 heavy (non-hydrogen) atoms. The van der Waals surface area contributed by atoms with Crippen molar-refractivity contribution in [2.45, 2.75) is 27.2 Å². The predicted octanol–water partition coefficient (Wildman–Crippen LogP) is 2.74. The van der Waals surface area contributed by atoms with Gasteiger partial charge in [-0.05, 0) is 38.0 Å². The van der Waals surface area contributed by atoms with Crippen LogP contribution in [0.25, 0.3) is 5.57 Å². The van der Waals surface area contributed by atoms with Gasteiger partial charge in [-0.3, -0.25) is 4.98 Å². The summed E-state index contributed by atoms with van der Waals surface area (Å²) in [5, 5.41) is 0. The number of pyridine rings is 1. The molecule has 0 aromatic carbocycles. The summed E-state index contributed by atoms with van der Waals surface area (Å²) in [4.78, 5) is 4.38. The second kappa shape index (κ2) is 2.44. The van der Waals surface area contributed by atoms with Crippen LogP contribution in [0, 0.1) is 6.92 Å². The van der Waals surface area contributed by atoms with E-state index in [0.29, 0.717) is 0 Å². The van der Waals surface area contributed by atoms with E-state index in [0.717, 1.165) is 6.42 Å². The summed E-state index contributed by atoms with van der Waals surface area (Å²) in [7, 11) is 0. The fourth-order valence-corrected chi connectivity index (χ4v) is 1.86. The van der Waals surface area contributed by atoms with E-state index < -0.39 is 0 Å². The SMILES string of the molecule is CC1=C(C)c2c(C)ccnc2C1. The average molecular weight is 159 g/mol. The van der Waals surface area contributed by atoms with Crippen molar-refractivity contribution in [3.8, 4) is 0 Å². The molecular weight excluding hydrogens is 146 g/mol. The van der Waals surface area contributed by atoms with Crippen molar-refractivity contribution >= 4 is 5.57 Å². The molecule has 2 rings (SSSR count). The quantitative estimate of drug-likeness (QED) is 0.567. The summed E-state index contributed by atoms with van der Waals surface area (Å²) in [5.41, 5.74) is 6.89. The molecule has 1 aromatic rings. The molecule has 1 aliphatic carbocycles. The monoisotopic (exact) mass is 159 g/mol. The van der Waals surface area contributed by atoms with Crippen LogP contribution in [-0.2, 0) is 6.42 Å². The van der Waals surface area contributed by atoms with Crippen molar-refractivity contribution in [2.75, 3.05) is 0 Å². The summed E-state index contributed by atoms with van der Waals surface area (Å²) in [6, 6.07) is 2.08. The highest BCUT2D eigenvalue weighted by molar-refractivity contribution is 5.75. The molecule has 0 unspecified atom stereocenters. The van der Waals surface area contributed by atoms with Gasteiger partial charge < -0.3 is 0 Å². The smallest absolute Gasteiger partial charge is 0.0521 e. The topological polar surface area (TPSA) is 12.9 Å². The van der Waals surface area contributed by atoms with E-state index in [-0.39, 0.29) is 0 Å². The fourth-order valence-electron chi connectivity index (χ4n) is 1.86. The third-order valence-electron chi connectivity index (χ3n) is 2.69. The van der Waals surface area contributed by atoms with Crippen LogP contribution in [0.1, 0.15) is 30.7 Å². The largest absolute Gasteiger partial charge is 0.260 e. The Morgan fingerprint density at radius 3 is 2.67 bits per heavy atom. The summed E-state index contributed by atoms with van der Waals surface area (Å²) >= 11 is 0. The van der Waals surface area contributed by atoms with Gasteiger partial charge in [-0.15, -0.1) is 0 Å². The van der Waals surface area contributed by atoms with Gasteiger partial charge in [-0.25, -0.2) is 0 Å². The zero-order valence-corrected chi connectivity index (χ0v) is 7.81. The Labute approximate surface area is 73.1 Å². The number of rotatable bonds is 0. The number of fused-ring (bicyclic) bond motifs is 1. The number of hydrogen-bond acceptors (Lipinski definition) is 1. The van der Waals surface area contributed by atoms with Crippen LogP contribution in [0.4, 0.5) is 0 Å². The summed E-state index contributed by atoms with van der Waals surface area (Å²) < 4.78 is 0. The van der Waals surface area contributed by atoms with Crippen molar-refractivity contribution in [1.29, 1.82) is 0 Å². The van der Waals surface area contributed by atoms with E-state index in [1.807, 2.05) is 6.20 Å². The first-order chi connectivity index (χ1) is 5.70. The summed E-state index contributed by atoms with van der Waals surface area (Å²) in [5.74, 6) is 0. The van der Waals surface area contributed by atoms with E-state index in [2.05, 4.69) is 31.8 Å². The molecule has 1 aromatic heterocycles. The molecule has 0 atom stereocenters. The van der Waals surface area contributed by atoms with Gasteiger partial charge in [-0.2, -0.15) is 0 Å². The molecule has 1 nitrogen and oxygen atoms in total. The Morgan fingerprint density at radius 1 is 1.25 bits per heavy atom. The molecule has 0 N–H and O–H groups in total. The van der Waals surface area contributed by atoms with Crippen LogP contribution in [0.3, 0.4) is 0 Å². The van der Waals surface area contributed by atoms with Gasteiger partial charge >= 0.3 is 0 Å². The molecule has 0 amide bonds. The van der Waals surface area contributed by atoms with Crippen molar-refractivity contribution < 1.29 is 0 Å². The minimum Gasteiger partial charge on any atom is -0.260 e. The lowest BCUT2D eigenvalue weighted by Gasteiger charge is -2.03. The zero-order valence-electron chi connectivity index (χ0n) is 7.81. The second-order valence-electron chi connectivity index (χ2n) is 3.53. The number of allylic oxidation sites excluding steroid dienone is 2. The molecule has 0 spiro atoms. The molecule has 1 heterocycles. The molecule has 1 heteroatoms. The van der Waals surface area contributed by atoms with Gasteiger partial charge in [-0.1, -0.05) is 5.57 Å². The first-order valence-electron chi connectivity index (χ1n) is 4.31. The average Bonchev–Trinajstić information content (AvgIpc) is 2.29. The Bertz CT molecular complexity index is 361. The number of nitrogens with zero attached hydrogens (tertiary/aromatic N) is 1. The maximum absolute atomic E-state index is 4.38. The molecule has 0 saturated carbocycles. The van der Waals surface area contributed by atoms with Crippen LogP contribution in [0.15, 0.2) is 17.8 Å². The van der Waals surface area contributed by atoms with Gasteiger partial charge in [0.25, 0.3) is 0 Å². The Kier molecular flexibility index (Phi) is 1.53. The minimum absolute atomic E-state index is 1.04. The van der Waals surface area contributed by atoms with Crippen LogP contribution >= 0.6 is 0 Å². The second-order valence-corrected chi connectivity index (χ2v) is 3.53. The third-order valence-corrected chi connectivity index (χ3v) is 2.69. The van der Waals surface area contributed by atoms with E-state index in [1.165, 1.54) is 28.0 Å². The highest BCUT2D eigenvalue weighted by Crippen LogP contribution is 2.32. The van der Waals surface area contributed by atoms with Crippen molar-refractivity contribution in [1.82, 2.24) is 4.98 Å². The van der Waals surface area contributed by atoms with Gasteiger partial charge in [0.15, 0.2) is 0 Å². The Hall–Kier alpha value is -1.11. The number of aromatic nitrogens is 1. The normalized spacial score (nSPS) is 15.2. The molecule has 0 bridgehead atoms. The number of aryl methyl sites for hydroxylation is 1. The fraction of sp³-hybridized carbons (Fsp3) is 0.364. The molecule has 0 fully saturated rings. The third kappa shape index (κ3) is 0.893. The van der Waals surface area contributed by atoms with Crippen LogP contribution in [0.5, 0.6) is 0 Å². The summed E-state index contributed by atoms with van der Waals surface area (Å²) in [6.07, 6.45) is 2.95. The van der Waals surface area contributed by atoms with Crippen LogP contribution in [-0.4, -0.2) is 4.98 Å². The van der Waals surface area contributed by atoms with Gasteiger partial charge in [0.05, 0.1) is 5.69 Å². The highest BCUT2D eigenvalue weighted by Gasteiger charge is 2.17. The molecule has 0 saturated heterocycles. The first kappa shape index (κ1) is 7.53. The maximum Gasteiger partial charge on any atom is 0.0521 e. The molecular formula is C11H13N. The summed E-state index contributed by atoms with van der Waals surface area (Å²) in [6.45, 7) is 6.54. The lowest BCUT2D eigenvalue weighted by Crippen LogP contribution is -1.91. The first-order valence-corrected chi connectivity index (χ1v) is 4.31. The molecule has 0 radical (unpaired) electrons. The van der Waals surface area contributed by atoms with E-state index >= 15 is 0 Å². The predicted molar refractivity (Wildman–Crippen MR) is 50.9 cm³/mol. The zero-order chi connectivity index (χ0) is 8.72. The number of hydrogen-bond donors (Lipinski definition) is 0. The maximum atomic E-state index is 4.38. The van der Waals surface area contributed by atoms with Crippen LogP contribution in [0.2, 0.25) is 0 Å². The van der Waals surface area contributed by atoms with E-state index in [9.17, 15) is 0 Å². The standard InChI is InChI=1S/C11H13N/c1-7-4-5-12-10-6-8(2)9(3)11(7)10/h4-5H,6H2,1-3H3.